The average Bonchev–Trinajstić information content (AvgIpc) is 3.81. The molecule has 5 aromatic carbocycles. The smallest absolute Gasteiger partial charge is 0.123 e. The number of nitrogens with zero attached hydrogens (tertiary/aromatic N) is 5. The van der Waals surface area contributed by atoms with Gasteiger partial charge < -0.3 is 14.0 Å². The van der Waals surface area contributed by atoms with Gasteiger partial charge in [-0.1, -0.05) is 126 Å². The van der Waals surface area contributed by atoms with E-state index in [0.29, 0.717) is 23.1 Å². The summed E-state index contributed by atoms with van der Waals surface area (Å²) in [5, 5.41) is 10.3. The molecule has 1 radical (unpaired) electrons. The summed E-state index contributed by atoms with van der Waals surface area (Å²) in [4.78, 5) is 9.34. The third-order valence-corrected chi connectivity index (χ3v) is 10.5. The zero-order valence-corrected chi connectivity index (χ0v) is 36.8. The summed E-state index contributed by atoms with van der Waals surface area (Å²) in [6.07, 6.45) is 5.19. The van der Waals surface area contributed by atoms with Crippen molar-refractivity contribution < 1.29 is 37.4 Å². The van der Waals surface area contributed by atoms with Gasteiger partial charge in [0.15, 0.2) is 0 Å². The number of halogens is 2. The van der Waals surface area contributed by atoms with Crippen LogP contribution < -0.4 is 0 Å². The number of rotatable bonds is 6. The summed E-state index contributed by atoms with van der Waals surface area (Å²) < 4.78 is 58.2. The monoisotopic (exact) mass is 977 g/mol. The number of furan rings is 1. The molecule has 4 heterocycles. The minimum Gasteiger partial charge on any atom is -0.501 e. The molecule has 0 saturated carbocycles. The Balaban J connectivity index is 0.000000229. The van der Waals surface area contributed by atoms with Crippen LogP contribution in [0.3, 0.4) is 0 Å². The molecule has 0 aliphatic carbocycles. The Labute approximate surface area is 367 Å². The van der Waals surface area contributed by atoms with Crippen LogP contribution >= 0.6 is 0 Å². The van der Waals surface area contributed by atoms with Crippen LogP contribution in [0.5, 0.6) is 0 Å². The maximum absolute atomic E-state index is 14.1. The molecule has 0 unspecified atom stereocenters. The molecular weight excluding hydrogens is 929 g/mol. The van der Waals surface area contributed by atoms with Crippen LogP contribution in [0.1, 0.15) is 86.7 Å². The van der Waals surface area contributed by atoms with E-state index in [-0.39, 0.29) is 42.5 Å². The number of para-hydroxylation sites is 1. The van der Waals surface area contributed by atoms with Gasteiger partial charge in [-0.3, -0.25) is 9.37 Å². The largest absolute Gasteiger partial charge is 0.501 e. The minimum atomic E-state index is -2.33. The summed E-state index contributed by atoms with van der Waals surface area (Å²) in [5.74, 6) is 0.429. The molecule has 0 aliphatic rings. The Bertz CT molecular complexity index is 3050. The van der Waals surface area contributed by atoms with Crippen LogP contribution in [-0.4, -0.2) is 24.7 Å². The number of pyridine rings is 1. The first-order valence-corrected chi connectivity index (χ1v) is 19.6. The van der Waals surface area contributed by atoms with E-state index in [1.54, 1.807) is 36.8 Å². The van der Waals surface area contributed by atoms with E-state index < -0.39 is 12.7 Å². The van der Waals surface area contributed by atoms with Gasteiger partial charge >= 0.3 is 0 Å². The van der Waals surface area contributed by atoms with Gasteiger partial charge in [-0.25, -0.2) is 4.39 Å². The van der Waals surface area contributed by atoms with Gasteiger partial charge in [0, 0.05) is 47.3 Å². The van der Waals surface area contributed by atoms with Gasteiger partial charge in [-0.15, -0.1) is 42.0 Å². The van der Waals surface area contributed by atoms with E-state index >= 15 is 0 Å². The van der Waals surface area contributed by atoms with E-state index in [1.165, 1.54) is 29.3 Å². The maximum Gasteiger partial charge on any atom is 0.123 e. The molecule has 9 rings (SSSR count). The molecule has 305 valence electrons. The van der Waals surface area contributed by atoms with Crippen LogP contribution in [0.2, 0.25) is 0 Å². The molecule has 4 aromatic heterocycles. The molecule has 0 amide bonds. The Hall–Kier alpha value is -5.89. The first kappa shape index (κ1) is 38.3. The molecule has 0 atom stereocenters. The fraction of sp³-hybridized carbons (Fsp3) is 0.216. The van der Waals surface area contributed by atoms with Crippen LogP contribution in [-0.2, 0) is 25.5 Å². The molecule has 0 fully saturated rings. The van der Waals surface area contributed by atoms with E-state index in [4.69, 9.17) is 13.5 Å². The Morgan fingerprint density at radius 2 is 1.48 bits per heavy atom. The standard InChI is InChI=1S/C35H28FN4O.C16H17FN.Ir/c1-20(2)25-7-5-8-26(21(3)4)33(25)40-31-19-38-37-18-30(31)39-35(40)29-10-6-9-28-27-16-13-23(17-32(27)41-34(28)29)22-11-14-24(36)15-12-22;1-11-5-7-13(14(17)9-11)15-8-6-12(10-18-15)16(2,3)4;/h5-9,11-21H,1-4H3;5-6,8-10H,1-4H3;/q2*-1;/i;1D3;. The first-order chi connectivity index (χ1) is 29.5. The zero-order valence-electron chi connectivity index (χ0n) is 37.4. The fourth-order valence-electron chi connectivity index (χ4n) is 7.39. The number of hydrogen-bond acceptors (Lipinski definition) is 5. The summed E-state index contributed by atoms with van der Waals surface area (Å²) >= 11 is 0. The van der Waals surface area contributed by atoms with E-state index in [2.05, 4.69) is 105 Å². The van der Waals surface area contributed by atoms with E-state index in [9.17, 15) is 8.78 Å². The van der Waals surface area contributed by atoms with E-state index in [1.807, 2.05) is 30.3 Å². The number of hydrogen-bond donors (Lipinski definition) is 0. The minimum absolute atomic E-state index is 0. The van der Waals surface area contributed by atoms with Gasteiger partial charge in [0.2, 0.25) is 0 Å². The number of aromatic nitrogens is 5. The Morgan fingerprint density at radius 1 is 0.767 bits per heavy atom. The Morgan fingerprint density at radius 3 is 2.13 bits per heavy atom. The maximum atomic E-state index is 14.1. The molecule has 6 nitrogen and oxygen atoms in total. The SMILES string of the molecule is CC(C)c1cccc(C(C)C)c1-n1c(-c2[c-]ccc3c2oc2cc(-c4ccc(F)cc4)ccc23)nc2cnncc21.[2H]C([2H])([2H])c1c[c-]c(-c2ccc(C(C)(C)C)cn2)c(F)c1.[Ir]. The molecule has 0 bridgehead atoms. The van der Waals surface area contributed by atoms with Crippen molar-refractivity contribution in [2.75, 3.05) is 0 Å². The molecule has 60 heavy (non-hydrogen) atoms. The molecular formula is C51H45F2IrN5O-2. The summed E-state index contributed by atoms with van der Waals surface area (Å²) in [6, 6.07) is 35.2. The molecule has 0 spiro atoms. The van der Waals surface area contributed by atoms with Crippen molar-refractivity contribution in [1.29, 1.82) is 0 Å². The molecule has 0 N–H and O–H groups in total. The fourth-order valence-corrected chi connectivity index (χ4v) is 7.39. The number of imidazole rings is 1. The predicted molar refractivity (Wildman–Crippen MR) is 234 cm³/mol. The first-order valence-electron chi connectivity index (χ1n) is 21.1. The predicted octanol–water partition coefficient (Wildman–Crippen LogP) is 13.5. The topological polar surface area (TPSA) is 69.6 Å². The average molecular weight is 977 g/mol. The Kier molecular flexibility index (Phi) is 10.9. The summed E-state index contributed by atoms with van der Waals surface area (Å²) in [5.41, 5.74) is 10.9. The van der Waals surface area contributed by atoms with Crippen molar-refractivity contribution >= 4 is 33.0 Å². The van der Waals surface area contributed by atoms with Crippen molar-refractivity contribution in [2.24, 2.45) is 0 Å². The number of aryl methyl sites for hydroxylation is 1. The second-order valence-electron chi connectivity index (χ2n) is 16.3. The van der Waals surface area contributed by atoms with Crippen LogP contribution in [0.4, 0.5) is 8.78 Å². The number of fused-ring (bicyclic) bond motifs is 4. The van der Waals surface area contributed by atoms with Crippen LogP contribution in [0.25, 0.3) is 72.4 Å². The van der Waals surface area contributed by atoms with Crippen molar-refractivity contribution in [2.45, 2.75) is 72.6 Å². The molecule has 0 aliphatic heterocycles. The summed E-state index contributed by atoms with van der Waals surface area (Å²) in [6.45, 7) is 12.7. The van der Waals surface area contributed by atoms with E-state index in [0.717, 1.165) is 67.2 Å². The van der Waals surface area contributed by atoms with Crippen molar-refractivity contribution in [3.8, 4) is 39.5 Å². The van der Waals surface area contributed by atoms with Crippen molar-refractivity contribution in [3.63, 3.8) is 0 Å². The number of benzene rings is 5. The zero-order chi connectivity index (χ0) is 44.1. The van der Waals surface area contributed by atoms with Gasteiger partial charge in [-0.05, 0) is 69.0 Å². The second kappa shape index (κ2) is 17.0. The normalized spacial score (nSPS) is 12.6. The molecule has 0 saturated heterocycles. The van der Waals surface area contributed by atoms with Gasteiger partial charge in [-0.2, -0.15) is 10.2 Å². The third kappa shape index (κ3) is 8.17. The third-order valence-electron chi connectivity index (χ3n) is 10.5. The van der Waals surface area contributed by atoms with Gasteiger partial charge in [0.1, 0.15) is 11.4 Å². The molecule has 9 heteroatoms. The summed E-state index contributed by atoms with van der Waals surface area (Å²) in [7, 11) is 0. The van der Waals surface area contributed by atoms with Gasteiger partial charge in [0.05, 0.1) is 34.8 Å². The van der Waals surface area contributed by atoms with Gasteiger partial charge in [0.25, 0.3) is 0 Å². The van der Waals surface area contributed by atoms with Crippen molar-refractivity contribution in [3.05, 3.63) is 162 Å². The van der Waals surface area contributed by atoms with Crippen LogP contribution in [0.15, 0.2) is 120 Å². The second-order valence-corrected chi connectivity index (χ2v) is 16.3. The molecule has 9 aromatic rings. The van der Waals surface area contributed by atoms with Crippen molar-refractivity contribution in [1.82, 2.24) is 24.7 Å². The van der Waals surface area contributed by atoms with Crippen LogP contribution in [0, 0.1) is 30.6 Å². The quantitative estimate of drug-likeness (QED) is 0.155.